The SMILES string of the molecule is CCOC(=O)c1c(C(F)F)cc(=O)[nH]c1OC(F)(F)F. The summed E-state index contributed by atoms with van der Waals surface area (Å²) in [6.07, 6.45) is -8.63. The molecule has 1 aromatic rings. The molecule has 5 nitrogen and oxygen atoms in total. The highest BCUT2D eigenvalue weighted by atomic mass is 19.4. The van der Waals surface area contributed by atoms with Crippen LogP contribution in [0.2, 0.25) is 0 Å². The van der Waals surface area contributed by atoms with Crippen molar-refractivity contribution in [2.24, 2.45) is 0 Å². The Balaban J connectivity index is 3.47. The second kappa shape index (κ2) is 5.88. The van der Waals surface area contributed by atoms with E-state index in [0.29, 0.717) is 6.07 Å². The molecular weight excluding hydrogens is 293 g/mol. The number of H-pyrrole nitrogens is 1. The molecule has 0 spiro atoms. The lowest BCUT2D eigenvalue weighted by molar-refractivity contribution is -0.276. The first-order chi connectivity index (χ1) is 9.15. The van der Waals surface area contributed by atoms with E-state index in [2.05, 4.69) is 9.47 Å². The van der Waals surface area contributed by atoms with E-state index in [9.17, 15) is 31.5 Å². The van der Waals surface area contributed by atoms with Gasteiger partial charge in [-0.2, -0.15) is 0 Å². The number of ether oxygens (including phenoxy) is 2. The third-order valence-corrected chi connectivity index (χ3v) is 1.97. The Morgan fingerprint density at radius 3 is 2.45 bits per heavy atom. The summed E-state index contributed by atoms with van der Waals surface area (Å²) < 4.78 is 69.7. The molecule has 1 rings (SSSR count). The van der Waals surface area contributed by atoms with Crippen molar-refractivity contribution in [2.75, 3.05) is 6.61 Å². The Bertz CT molecular complexity index is 552. The van der Waals surface area contributed by atoms with Crippen LogP contribution in [0, 0.1) is 0 Å². The van der Waals surface area contributed by atoms with Crippen molar-refractivity contribution in [3.8, 4) is 5.88 Å². The van der Waals surface area contributed by atoms with Crippen molar-refractivity contribution in [1.82, 2.24) is 4.98 Å². The van der Waals surface area contributed by atoms with E-state index in [0.717, 1.165) is 0 Å². The Hall–Kier alpha value is -2.13. The van der Waals surface area contributed by atoms with Crippen LogP contribution in [0.25, 0.3) is 0 Å². The lowest BCUT2D eigenvalue weighted by Gasteiger charge is -2.14. The van der Waals surface area contributed by atoms with Gasteiger partial charge in [0.2, 0.25) is 5.88 Å². The van der Waals surface area contributed by atoms with Gasteiger partial charge in [0.1, 0.15) is 5.56 Å². The molecule has 0 unspecified atom stereocenters. The van der Waals surface area contributed by atoms with Crippen LogP contribution in [-0.2, 0) is 4.74 Å². The van der Waals surface area contributed by atoms with Gasteiger partial charge >= 0.3 is 12.3 Å². The smallest absolute Gasteiger partial charge is 0.462 e. The molecule has 1 aromatic heterocycles. The average Bonchev–Trinajstić information content (AvgIpc) is 2.25. The van der Waals surface area contributed by atoms with Gasteiger partial charge in [-0.3, -0.25) is 9.78 Å². The fraction of sp³-hybridized carbons (Fsp3) is 0.400. The Morgan fingerprint density at radius 2 is 2.00 bits per heavy atom. The first-order valence-electron chi connectivity index (χ1n) is 5.14. The predicted octanol–water partition coefficient (Wildman–Crippen LogP) is 2.39. The predicted molar refractivity (Wildman–Crippen MR) is 54.7 cm³/mol. The summed E-state index contributed by atoms with van der Waals surface area (Å²) >= 11 is 0. The standard InChI is InChI=1S/C10H8F5NO4/c1-2-19-9(18)6-4(7(11)12)3-5(17)16-8(6)20-10(13,14)15/h3,7H,2H2,1H3,(H,16,17). The van der Waals surface area contributed by atoms with Gasteiger partial charge in [0, 0.05) is 11.6 Å². The number of hydrogen-bond donors (Lipinski definition) is 1. The summed E-state index contributed by atoms with van der Waals surface area (Å²) in [5.74, 6) is -2.89. The first-order valence-corrected chi connectivity index (χ1v) is 5.14. The van der Waals surface area contributed by atoms with Gasteiger partial charge in [-0.1, -0.05) is 0 Å². The fourth-order valence-electron chi connectivity index (χ4n) is 1.33. The van der Waals surface area contributed by atoms with Gasteiger partial charge in [-0.05, 0) is 6.92 Å². The van der Waals surface area contributed by atoms with E-state index in [1.165, 1.54) is 11.9 Å². The number of nitrogens with one attached hydrogen (secondary N) is 1. The monoisotopic (exact) mass is 301 g/mol. The lowest BCUT2D eigenvalue weighted by atomic mass is 10.1. The summed E-state index contributed by atoms with van der Waals surface area (Å²) in [6, 6.07) is 0.306. The number of carbonyl (C=O) groups is 1. The summed E-state index contributed by atoms with van der Waals surface area (Å²) in [5, 5.41) is 0. The second-order valence-corrected chi connectivity index (χ2v) is 3.36. The van der Waals surface area contributed by atoms with Crippen molar-refractivity contribution in [3.05, 3.63) is 27.5 Å². The highest BCUT2D eigenvalue weighted by molar-refractivity contribution is 5.93. The van der Waals surface area contributed by atoms with E-state index in [-0.39, 0.29) is 6.61 Å². The number of hydrogen-bond acceptors (Lipinski definition) is 4. The van der Waals surface area contributed by atoms with Gasteiger partial charge < -0.3 is 9.47 Å². The van der Waals surface area contributed by atoms with E-state index in [1.807, 2.05) is 0 Å². The third-order valence-electron chi connectivity index (χ3n) is 1.97. The van der Waals surface area contributed by atoms with Crippen molar-refractivity contribution in [3.63, 3.8) is 0 Å². The van der Waals surface area contributed by atoms with Gasteiger partial charge in [-0.25, -0.2) is 13.6 Å². The highest BCUT2D eigenvalue weighted by Gasteiger charge is 2.36. The molecule has 0 atom stereocenters. The third kappa shape index (κ3) is 3.93. The van der Waals surface area contributed by atoms with E-state index >= 15 is 0 Å². The molecule has 0 aliphatic heterocycles. The van der Waals surface area contributed by atoms with Crippen molar-refractivity contribution < 1.29 is 36.2 Å². The van der Waals surface area contributed by atoms with Crippen LogP contribution in [0.1, 0.15) is 29.3 Å². The molecule has 112 valence electrons. The van der Waals surface area contributed by atoms with Crippen molar-refractivity contribution in [2.45, 2.75) is 19.7 Å². The van der Waals surface area contributed by atoms with Crippen molar-refractivity contribution >= 4 is 5.97 Å². The zero-order chi connectivity index (χ0) is 15.5. The molecule has 0 saturated heterocycles. The van der Waals surface area contributed by atoms with Crippen LogP contribution in [0.3, 0.4) is 0 Å². The second-order valence-electron chi connectivity index (χ2n) is 3.36. The molecule has 0 radical (unpaired) electrons. The Kier molecular flexibility index (Phi) is 4.69. The molecule has 0 saturated carbocycles. The van der Waals surface area contributed by atoms with Crippen LogP contribution in [0.4, 0.5) is 22.0 Å². The quantitative estimate of drug-likeness (QED) is 0.685. The van der Waals surface area contributed by atoms with Gasteiger partial charge in [0.05, 0.1) is 6.61 Å². The lowest BCUT2D eigenvalue weighted by Crippen LogP contribution is -2.24. The normalized spacial score (nSPS) is 11.6. The topological polar surface area (TPSA) is 68.4 Å². The average molecular weight is 301 g/mol. The van der Waals surface area contributed by atoms with Gasteiger partial charge in [-0.15, -0.1) is 13.2 Å². The zero-order valence-electron chi connectivity index (χ0n) is 9.88. The number of esters is 1. The Morgan fingerprint density at radius 1 is 1.40 bits per heavy atom. The summed E-state index contributed by atoms with van der Waals surface area (Å²) in [4.78, 5) is 24.0. The van der Waals surface area contributed by atoms with Gasteiger partial charge in [0.15, 0.2) is 0 Å². The maximum atomic E-state index is 12.7. The maximum absolute atomic E-state index is 12.7. The molecule has 0 fully saturated rings. The van der Waals surface area contributed by atoms with Crippen LogP contribution < -0.4 is 10.3 Å². The molecule has 20 heavy (non-hydrogen) atoms. The number of aromatic nitrogens is 1. The summed E-state index contributed by atoms with van der Waals surface area (Å²) in [5.41, 5.74) is -3.64. The zero-order valence-corrected chi connectivity index (χ0v) is 9.88. The molecule has 0 aliphatic carbocycles. The van der Waals surface area contributed by atoms with Crippen LogP contribution >= 0.6 is 0 Å². The molecule has 1 N–H and O–H groups in total. The van der Waals surface area contributed by atoms with Crippen LogP contribution in [0.15, 0.2) is 10.9 Å². The molecule has 0 bridgehead atoms. The van der Waals surface area contributed by atoms with Crippen molar-refractivity contribution in [1.29, 1.82) is 0 Å². The minimum atomic E-state index is -5.27. The summed E-state index contributed by atoms with van der Waals surface area (Å²) in [7, 11) is 0. The first kappa shape index (κ1) is 15.9. The molecule has 0 aliphatic rings. The number of rotatable bonds is 4. The number of aromatic amines is 1. The van der Waals surface area contributed by atoms with E-state index in [4.69, 9.17) is 0 Å². The number of pyridine rings is 1. The number of halogens is 5. The molecule has 0 aromatic carbocycles. The largest absolute Gasteiger partial charge is 0.574 e. The molecule has 10 heteroatoms. The Labute approximate surface area is 108 Å². The maximum Gasteiger partial charge on any atom is 0.574 e. The van der Waals surface area contributed by atoms with Crippen LogP contribution in [-0.4, -0.2) is 23.9 Å². The van der Waals surface area contributed by atoms with E-state index in [1.54, 1.807) is 0 Å². The highest BCUT2D eigenvalue weighted by Crippen LogP contribution is 2.30. The minimum Gasteiger partial charge on any atom is -0.462 e. The van der Waals surface area contributed by atoms with Crippen LogP contribution in [0.5, 0.6) is 5.88 Å². The number of alkyl halides is 5. The van der Waals surface area contributed by atoms with Gasteiger partial charge in [0.25, 0.3) is 12.0 Å². The molecule has 1 heterocycles. The molecule has 0 amide bonds. The minimum absolute atomic E-state index is 0.258. The number of carbonyl (C=O) groups excluding carboxylic acids is 1. The summed E-state index contributed by atoms with van der Waals surface area (Å²) in [6.45, 7) is 1.07. The fourth-order valence-corrected chi connectivity index (χ4v) is 1.33. The molecular formula is C10H8F5NO4. The van der Waals surface area contributed by atoms with E-state index < -0.39 is 41.3 Å².